The summed E-state index contributed by atoms with van der Waals surface area (Å²) in [7, 11) is 2.87. The number of fused-ring (bicyclic) bond motifs is 1. The van der Waals surface area contributed by atoms with Gasteiger partial charge in [-0.1, -0.05) is 12.1 Å². The third kappa shape index (κ3) is 5.52. The molecule has 15 heteroatoms. The van der Waals surface area contributed by atoms with Crippen LogP contribution >= 0.6 is 0 Å². The van der Waals surface area contributed by atoms with Crippen LogP contribution in [0.1, 0.15) is 23.1 Å². The van der Waals surface area contributed by atoms with Crippen LogP contribution in [0.15, 0.2) is 40.2 Å². The van der Waals surface area contributed by atoms with Crippen molar-refractivity contribution in [1.82, 2.24) is 33.9 Å². The Bertz CT molecular complexity index is 1580. The molecular weight excluding hydrogens is 474 g/mol. The van der Waals surface area contributed by atoms with Crippen molar-refractivity contribution in [2.45, 2.75) is 20.4 Å². The van der Waals surface area contributed by atoms with Crippen LogP contribution < -0.4 is 27.0 Å². The number of hydrogen-bond donors (Lipinski definition) is 3. The zero-order valence-electron chi connectivity index (χ0n) is 19.8. The molecule has 15 nitrogen and oxygen atoms in total. The molecule has 0 saturated heterocycles. The van der Waals surface area contributed by atoms with E-state index in [1.165, 1.54) is 36.5 Å². The number of carbonyl (C=O) groups is 3. The minimum absolute atomic E-state index is 0.149. The van der Waals surface area contributed by atoms with Gasteiger partial charge in [-0.15, -0.1) is 5.10 Å². The number of H-pyrrole nitrogens is 1. The molecule has 3 aromatic heterocycles. The van der Waals surface area contributed by atoms with Crippen molar-refractivity contribution in [2.75, 3.05) is 5.32 Å². The second kappa shape index (κ2) is 10.5. The first-order valence-electron chi connectivity index (χ1n) is 10.4. The zero-order valence-corrected chi connectivity index (χ0v) is 19.8. The summed E-state index contributed by atoms with van der Waals surface area (Å²) >= 11 is 0. The van der Waals surface area contributed by atoms with Gasteiger partial charge in [0.2, 0.25) is 11.9 Å². The molecule has 1 aromatic carbocycles. The fraction of sp³-hybridized carbons (Fsp3) is 0.238. The number of nitrogens with one attached hydrogen (secondary N) is 2. The standard InChI is InChI=1S/C12H12N4O3.C9H11N5O3/c1-7-13-12(16-15-7)14-11(18)9-5-3-4-6-10(9)19-8(2)17;1-12-7-6(8(16)13(2)9(12)17)14(4-11-7)3-5(10)15/h3-6H,1-2H3,(H2,13,14,15,16,18);4H,3H2,1-2H3,(H2,10,15). The van der Waals surface area contributed by atoms with E-state index in [-0.39, 0.29) is 35.0 Å². The van der Waals surface area contributed by atoms with E-state index >= 15 is 0 Å². The van der Waals surface area contributed by atoms with Gasteiger partial charge >= 0.3 is 11.7 Å². The molecule has 36 heavy (non-hydrogen) atoms. The summed E-state index contributed by atoms with van der Waals surface area (Å²) in [6, 6.07) is 6.43. The smallest absolute Gasteiger partial charge is 0.332 e. The largest absolute Gasteiger partial charge is 0.426 e. The summed E-state index contributed by atoms with van der Waals surface area (Å²) in [4.78, 5) is 65.3. The van der Waals surface area contributed by atoms with Gasteiger partial charge in [-0.25, -0.2) is 9.78 Å². The molecule has 0 unspecified atom stereocenters. The zero-order chi connectivity index (χ0) is 26.6. The van der Waals surface area contributed by atoms with Crippen molar-refractivity contribution in [3.8, 4) is 5.75 Å². The molecule has 188 valence electrons. The Labute approximate surface area is 202 Å². The highest BCUT2D eigenvalue weighted by Crippen LogP contribution is 2.19. The quantitative estimate of drug-likeness (QED) is 0.233. The summed E-state index contributed by atoms with van der Waals surface area (Å²) in [5.41, 5.74) is 4.76. The summed E-state index contributed by atoms with van der Waals surface area (Å²) in [6.45, 7) is 2.84. The lowest BCUT2D eigenvalue weighted by Gasteiger charge is -2.07. The lowest BCUT2D eigenvalue weighted by Crippen LogP contribution is -2.37. The number of esters is 1. The summed E-state index contributed by atoms with van der Waals surface area (Å²) < 4.78 is 8.50. The average molecular weight is 497 g/mol. The molecule has 3 heterocycles. The molecular formula is C21H23N9O6. The van der Waals surface area contributed by atoms with Crippen molar-refractivity contribution in [2.24, 2.45) is 19.8 Å². The lowest BCUT2D eigenvalue weighted by molar-refractivity contribution is -0.131. The topological polar surface area (TPSA) is 202 Å². The maximum Gasteiger partial charge on any atom is 0.332 e. The Morgan fingerprint density at radius 1 is 1.14 bits per heavy atom. The van der Waals surface area contributed by atoms with Crippen LogP contribution in [0.25, 0.3) is 11.2 Å². The third-order valence-corrected chi connectivity index (χ3v) is 4.75. The molecule has 4 aromatic rings. The van der Waals surface area contributed by atoms with E-state index in [2.05, 4.69) is 25.5 Å². The van der Waals surface area contributed by atoms with Gasteiger partial charge in [0.1, 0.15) is 18.1 Å². The van der Waals surface area contributed by atoms with E-state index in [4.69, 9.17) is 10.5 Å². The Kier molecular flexibility index (Phi) is 7.42. The first-order valence-corrected chi connectivity index (χ1v) is 10.4. The Morgan fingerprint density at radius 2 is 1.83 bits per heavy atom. The number of amides is 2. The van der Waals surface area contributed by atoms with Crippen LogP contribution in [0.3, 0.4) is 0 Å². The Hall–Kier alpha value is -5.08. The van der Waals surface area contributed by atoms with Crippen molar-refractivity contribution < 1.29 is 19.1 Å². The molecule has 0 aliphatic rings. The van der Waals surface area contributed by atoms with Gasteiger partial charge in [-0.3, -0.25) is 38.7 Å². The maximum atomic E-state index is 12.0. The maximum absolute atomic E-state index is 12.0. The summed E-state index contributed by atoms with van der Waals surface area (Å²) in [6.07, 6.45) is 1.32. The monoisotopic (exact) mass is 497 g/mol. The first-order chi connectivity index (χ1) is 17.0. The van der Waals surface area contributed by atoms with E-state index < -0.39 is 29.0 Å². The van der Waals surface area contributed by atoms with Crippen molar-refractivity contribution in [3.05, 3.63) is 62.8 Å². The predicted molar refractivity (Wildman–Crippen MR) is 126 cm³/mol. The number of ether oxygens (including phenoxy) is 1. The number of aromatic nitrogens is 7. The highest BCUT2D eigenvalue weighted by atomic mass is 16.5. The normalized spacial score (nSPS) is 10.4. The number of rotatable bonds is 5. The van der Waals surface area contributed by atoms with Gasteiger partial charge in [0.15, 0.2) is 11.2 Å². The lowest BCUT2D eigenvalue weighted by atomic mass is 10.2. The number of nitrogens with zero attached hydrogens (tertiary/aromatic N) is 6. The number of benzene rings is 1. The Balaban J connectivity index is 0.000000202. The number of carbonyl (C=O) groups excluding carboxylic acids is 3. The molecule has 2 amide bonds. The predicted octanol–water partition coefficient (Wildman–Crippen LogP) is -0.790. The summed E-state index contributed by atoms with van der Waals surface area (Å²) in [5.74, 6) is -0.575. The van der Waals surface area contributed by atoms with Gasteiger partial charge in [0.05, 0.1) is 11.9 Å². The van der Waals surface area contributed by atoms with Crippen molar-refractivity contribution in [1.29, 1.82) is 0 Å². The van der Waals surface area contributed by atoms with Crippen LogP contribution in [-0.4, -0.2) is 51.7 Å². The number of hydrogen-bond acceptors (Lipinski definition) is 9. The van der Waals surface area contributed by atoms with Crippen molar-refractivity contribution >= 4 is 34.9 Å². The average Bonchev–Trinajstić information content (AvgIpc) is 3.42. The Morgan fingerprint density at radius 3 is 2.44 bits per heavy atom. The summed E-state index contributed by atoms with van der Waals surface area (Å²) in [5, 5.41) is 8.92. The van der Waals surface area contributed by atoms with E-state index in [0.717, 1.165) is 4.57 Å². The highest BCUT2D eigenvalue weighted by Gasteiger charge is 2.16. The third-order valence-electron chi connectivity index (χ3n) is 4.75. The van der Waals surface area contributed by atoms with E-state index in [1.54, 1.807) is 31.2 Å². The fourth-order valence-corrected chi connectivity index (χ4v) is 3.15. The van der Waals surface area contributed by atoms with Crippen LogP contribution in [0.2, 0.25) is 0 Å². The molecule has 0 spiro atoms. The second-order valence-electron chi connectivity index (χ2n) is 7.51. The number of aryl methyl sites for hydroxylation is 2. The molecule has 0 bridgehead atoms. The minimum atomic E-state index is -0.583. The molecule has 0 radical (unpaired) electrons. The van der Waals surface area contributed by atoms with Gasteiger partial charge in [-0.05, 0) is 19.1 Å². The highest BCUT2D eigenvalue weighted by molar-refractivity contribution is 6.05. The molecule has 0 saturated carbocycles. The van der Waals surface area contributed by atoms with E-state index in [0.29, 0.717) is 5.82 Å². The number of aromatic amines is 1. The van der Waals surface area contributed by atoms with Crippen molar-refractivity contribution in [3.63, 3.8) is 0 Å². The number of anilines is 1. The molecule has 4 rings (SSSR count). The number of para-hydroxylation sites is 1. The van der Waals surface area contributed by atoms with E-state index in [1.807, 2.05) is 0 Å². The minimum Gasteiger partial charge on any atom is -0.426 e. The van der Waals surface area contributed by atoms with Gasteiger partial charge < -0.3 is 15.0 Å². The van der Waals surface area contributed by atoms with Gasteiger partial charge in [-0.2, -0.15) is 4.98 Å². The molecule has 0 aliphatic carbocycles. The molecule has 0 atom stereocenters. The fourth-order valence-electron chi connectivity index (χ4n) is 3.15. The SMILES string of the molecule is CC(=O)Oc1ccccc1C(=O)Nc1n[nH]c(C)n1.Cn1c(=O)c2c(ncn2CC(N)=O)n(C)c1=O. The van der Waals surface area contributed by atoms with Crippen LogP contribution in [-0.2, 0) is 30.2 Å². The van der Waals surface area contributed by atoms with E-state index in [9.17, 15) is 24.0 Å². The van der Waals surface area contributed by atoms with Crippen LogP contribution in [0.4, 0.5) is 5.95 Å². The van der Waals surface area contributed by atoms with Crippen LogP contribution in [0.5, 0.6) is 5.75 Å². The molecule has 4 N–H and O–H groups in total. The molecule has 0 fully saturated rings. The van der Waals surface area contributed by atoms with Gasteiger partial charge in [0.25, 0.3) is 11.5 Å². The number of primary amides is 1. The number of nitrogens with two attached hydrogens (primary N) is 1. The first kappa shape index (κ1) is 25.5. The molecule has 0 aliphatic heterocycles. The number of imidazole rings is 1. The second-order valence-corrected chi connectivity index (χ2v) is 7.51. The van der Waals surface area contributed by atoms with Gasteiger partial charge in [0, 0.05) is 21.0 Å². The van der Waals surface area contributed by atoms with Crippen LogP contribution in [0, 0.1) is 6.92 Å².